The molecule has 2 aromatic carbocycles. The first kappa shape index (κ1) is 17.1. The van der Waals surface area contributed by atoms with Gasteiger partial charge in [-0.25, -0.2) is 13.1 Å². The standard InChI is InChI=1S/C16H18N2O4S/c1-12-6-8-15(9-7-12)13(2)17-23(21,22)11-14-4-3-5-16(10-14)18(19)20/h3-10,13,17H,11H2,1-2H3. The van der Waals surface area contributed by atoms with E-state index in [9.17, 15) is 18.5 Å². The lowest BCUT2D eigenvalue weighted by atomic mass is 10.1. The van der Waals surface area contributed by atoms with Crippen molar-refractivity contribution in [3.63, 3.8) is 0 Å². The molecule has 23 heavy (non-hydrogen) atoms. The highest BCUT2D eigenvalue weighted by Crippen LogP contribution is 2.18. The molecule has 6 nitrogen and oxygen atoms in total. The summed E-state index contributed by atoms with van der Waals surface area (Å²) in [5, 5.41) is 10.7. The zero-order chi connectivity index (χ0) is 17.0. The maximum atomic E-state index is 12.3. The Bertz CT molecular complexity index is 801. The zero-order valence-electron chi connectivity index (χ0n) is 12.9. The van der Waals surface area contributed by atoms with E-state index in [4.69, 9.17) is 0 Å². The second-order valence-electron chi connectivity index (χ2n) is 5.44. The van der Waals surface area contributed by atoms with Crippen molar-refractivity contribution in [2.24, 2.45) is 0 Å². The highest BCUT2D eigenvalue weighted by atomic mass is 32.2. The van der Waals surface area contributed by atoms with Crippen molar-refractivity contribution < 1.29 is 13.3 Å². The number of sulfonamides is 1. The Morgan fingerprint density at radius 3 is 2.43 bits per heavy atom. The van der Waals surface area contributed by atoms with Gasteiger partial charge < -0.3 is 0 Å². The molecule has 0 aliphatic heterocycles. The molecule has 0 aliphatic rings. The number of nitrogens with zero attached hydrogens (tertiary/aromatic N) is 1. The van der Waals surface area contributed by atoms with Crippen LogP contribution >= 0.6 is 0 Å². The van der Waals surface area contributed by atoms with Crippen LogP contribution in [0.5, 0.6) is 0 Å². The van der Waals surface area contributed by atoms with Gasteiger partial charge in [0.05, 0.1) is 10.7 Å². The van der Waals surface area contributed by atoms with Crippen molar-refractivity contribution in [3.05, 3.63) is 75.3 Å². The molecule has 0 saturated heterocycles. The minimum atomic E-state index is -3.61. The van der Waals surface area contributed by atoms with E-state index in [-0.39, 0.29) is 17.5 Å². The summed E-state index contributed by atoms with van der Waals surface area (Å²) in [6, 6.07) is 12.8. The summed E-state index contributed by atoms with van der Waals surface area (Å²) in [5.41, 5.74) is 2.21. The number of hydrogen-bond acceptors (Lipinski definition) is 4. The van der Waals surface area contributed by atoms with Gasteiger partial charge in [-0.2, -0.15) is 0 Å². The van der Waals surface area contributed by atoms with Gasteiger partial charge in [0.15, 0.2) is 0 Å². The third-order valence-electron chi connectivity index (χ3n) is 3.41. The van der Waals surface area contributed by atoms with Gasteiger partial charge in [-0.3, -0.25) is 10.1 Å². The van der Waals surface area contributed by atoms with Crippen LogP contribution in [-0.2, 0) is 15.8 Å². The molecule has 0 saturated carbocycles. The number of nitro benzene ring substituents is 1. The van der Waals surface area contributed by atoms with Crippen LogP contribution in [0.2, 0.25) is 0 Å². The topological polar surface area (TPSA) is 89.3 Å². The molecule has 0 bridgehead atoms. The van der Waals surface area contributed by atoms with E-state index in [2.05, 4.69) is 4.72 Å². The Hall–Kier alpha value is -2.25. The van der Waals surface area contributed by atoms with E-state index in [0.29, 0.717) is 5.56 Å². The Morgan fingerprint density at radius 2 is 1.83 bits per heavy atom. The minimum absolute atomic E-state index is 0.121. The number of aryl methyl sites for hydroxylation is 1. The molecule has 1 unspecified atom stereocenters. The Morgan fingerprint density at radius 1 is 1.17 bits per heavy atom. The maximum absolute atomic E-state index is 12.3. The number of hydrogen-bond donors (Lipinski definition) is 1. The van der Waals surface area contributed by atoms with E-state index >= 15 is 0 Å². The summed E-state index contributed by atoms with van der Waals surface area (Å²) in [7, 11) is -3.61. The van der Waals surface area contributed by atoms with Crippen molar-refractivity contribution in [3.8, 4) is 0 Å². The third-order valence-corrected chi connectivity index (χ3v) is 4.84. The molecule has 7 heteroatoms. The average Bonchev–Trinajstić information content (AvgIpc) is 2.47. The van der Waals surface area contributed by atoms with Crippen molar-refractivity contribution in [2.45, 2.75) is 25.6 Å². The Balaban J connectivity index is 2.11. The molecule has 0 fully saturated rings. The molecule has 1 N–H and O–H groups in total. The fraction of sp³-hybridized carbons (Fsp3) is 0.250. The summed E-state index contributed by atoms with van der Waals surface area (Å²) >= 11 is 0. The van der Waals surface area contributed by atoms with Gasteiger partial charge in [-0.05, 0) is 25.0 Å². The second kappa shape index (κ2) is 6.89. The highest BCUT2D eigenvalue weighted by Gasteiger charge is 2.18. The monoisotopic (exact) mass is 334 g/mol. The second-order valence-corrected chi connectivity index (χ2v) is 7.19. The molecule has 2 aromatic rings. The van der Waals surface area contributed by atoms with Crippen LogP contribution in [0, 0.1) is 17.0 Å². The van der Waals surface area contributed by atoms with Crippen molar-refractivity contribution in [1.29, 1.82) is 0 Å². The van der Waals surface area contributed by atoms with Gasteiger partial charge >= 0.3 is 0 Å². The Kier molecular flexibility index (Phi) is 5.12. The molecule has 0 heterocycles. The first-order chi connectivity index (χ1) is 10.8. The molecule has 122 valence electrons. The lowest BCUT2D eigenvalue weighted by Gasteiger charge is -2.15. The SMILES string of the molecule is Cc1ccc(C(C)NS(=O)(=O)Cc2cccc([N+](=O)[O-])c2)cc1. The van der Waals surface area contributed by atoms with E-state index in [1.807, 2.05) is 31.2 Å². The molecule has 1 atom stereocenters. The fourth-order valence-electron chi connectivity index (χ4n) is 2.21. The fourth-order valence-corrected chi connectivity index (χ4v) is 3.59. The van der Waals surface area contributed by atoms with Crippen molar-refractivity contribution in [2.75, 3.05) is 0 Å². The number of benzene rings is 2. The van der Waals surface area contributed by atoms with Crippen LogP contribution in [-0.4, -0.2) is 13.3 Å². The van der Waals surface area contributed by atoms with Gasteiger partial charge in [0.25, 0.3) is 5.69 Å². The van der Waals surface area contributed by atoms with Gasteiger partial charge in [0, 0.05) is 18.2 Å². The molecule has 0 spiro atoms. The van der Waals surface area contributed by atoms with Crippen molar-refractivity contribution in [1.82, 2.24) is 4.72 Å². The number of nitrogens with one attached hydrogen (secondary N) is 1. The molecule has 0 aliphatic carbocycles. The predicted octanol–water partition coefficient (Wildman–Crippen LogP) is 3.08. The maximum Gasteiger partial charge on any atom is 0.269 e. The van der Waals surface area contributed by atoms with Gasteiger partial charge in [-0.1, -0.05) is 42.0 Å². The summed E-state index contributed by atoms with van der Waals surface area (Å²) in [6.45, 7) is 3.72. The molecule has 0 amide bonds. The van der Waals surface area contributed by atoms with Crippen LogP contribution in [0.1, 0.15) is 29.7 Å². The van der Waals surface area contributed by atoms with Crippen LogP contribution in [0.4, 0.5) is 5.69 Å². The first-order valence-electron chi connectivity index (χ1n) is 7.07. The van der Waals surface area contributed by atoms with Crippen LogP contribution in [0.15, 0.2) is 48.5 Å². The van der Waals surface area contributed by atoms with Crippen molar-refractivity contribution >= 4 is 15.7 Å². The molecule has 0 radical (unpaired) electrons. The first-order valence-corrected chi connectivity index (χ1v) is 8.72. The summed E-state index contributed by atoms with van der Waals surface area (Å²) in [5.74, 6) is -0.301. The quantitative estimate of drug-likeness (QED) is 0.649. The van der Waals surface area contributed by atoms with Gasteiger partial charge in [-0.15, -0.1) is 0 Å². The minimum Gasteiger partial charge on any atom is -0.258 e. The van der Waals surface area contributed by atoms with E-state index in [0.717, 1.165) is 11.1 Å². The third kappa shape index (κ3) is 4.87. The number of non-ortho nitro benzene ring substituents is 1. The normalized spacial score (nSPS) is 12.8. The summed E-state index contributed by atoms with van der Waals surface area (Å²) in [6.07, 6.45) is 0. The molecule has 0 aromatic heterocycles. The number of nitro groups is 1. The summed E-state index contributed by atoms with van der Waals surface area (Å²) < 4.78 is 27.1. The van der Waals surface area contributed by atoms with Gasteiger partial charge in [0.2, 0.25) is 10.0 Å². The molecular weight excluding hydrogens is 316 g/mol. The lowest BCUT2D eigenvalue weighted by Crippen LogP contribution is -2.28. The molecular formula is C16H18N2O4S. The van der Waals surface area contributed by atoms with E-state index in [1.54, 1.807) is 13.0 Å². The zero-order valence-corrected chi connectivity index (χ0v) is 13.7. The Labute approximate surface area is 135 Å². The van der Waals surface area contributed by atoms with Crippen LogP contribution < -0.4 is 4.72 Å². The van der Waals surface area contributed by atoms with E-state index in [1.165, 1.54) is 18.2 Å². The largest absolute Gasteiger partial charge is 0.269 e. The number of rotatable bonds is 6. The molecule has 2 rings (SSSR count). The highest BCUT2D eigenvalue weighted by molar-refractivity contribution is 7.88. The van der Waals surface area contributed by atoms with E-state index < -0.39 is 14.9 Å². The summed E-state index contributed by atoms with van der Waals surface area (Å²) in [4.78, 5) is 10.2. The van der Waals surface area contributed by atoms with Crippen LogP contribution in [0.25, 0.3) is 0 Å². The van der Waals surface area contributed by atoms with Gasteiger partial charge in [0.1, 0.15) is 0 Å². The predicted molar refractivity (Wildman–Crippen MR) is 88.4 cm³/mol. The van der Waals surface area contributed by atoms with Crippen LogP contribution in [0.3, 0.4) is 0 Å². The lowest BCUT2D eigenvalue weighted by molar-refractivity contribution is -0.384. The average molecular weight is 334 g/mol. The smallest absolute Gasteiger partial charge is 0.258 e.